The molecule has 6 nitrogen and oxygen atoms in total. The van der Waals surface area contributed by atoms with Gasteiger partial charge in [-0.15, -0.1) is 0 Å². The number of benzene rings is 2. The van der Waals surface area contributed by atoms with Gasteiger partial charge < -0.3 is 15.2 Å². The molecule has 0 spiro atoms. The first-order chi connectivity index (χ1) is 15.6. The second kappa shape index (κ2) is 11.9. The summed E-state index contributed by atoms with van der Waals surface area (Å²) in [7, 11) is 0. The van der Waals surface area contributed by atoms with Crippen LogP contribution in [0.5, 0.6) is 5.75 Å². The summed E-state index contributed by atoms with van der Waals surface area (Å²) >= 11 is 4.16. The highest BCUT2D eigenvalue weighted by atomic mass is 32.1. The number of ether oxygens (including phenoxy) is 1. The molecular weight excluding hydrogens is 424 g/mol. The van der Waals surface area contributed by atoms with Crippen molar-refractivity contribution >= 4 is 24.5 Å². The Labute approximate surface area is 193 Å². The van der Waals surface area contributed by atoms with Gasteiger partial charge in [-0.3, -0.25) is 9.78 Å². The first-order valence-corrected chi connectivity index (χ1v) is 11.1. The lowest BCUT2D eigenvalue weighted by Crippen LogP contribution is -2.41. The summed E-state index contributed by atoms with van der Waals surface area (Å²) in [6.07, 6.45) is 5.15. The van der Waals surface area contributed by atoms with E-state index in [0.29, 0.717) is 36.5 Å². The van der Waals surface area contributed by atoms with Gasteiger partial charge in [0.1, 0.15) is 18.4 Å². The van der Waals surface area contributed by atoms with Crippen LogP contribution >= 0.6 is 12.6 Å². The molecule has 2 aromatic carbocycles. The van der Waals surface area contributed by atoms with Crippen molar-refractivity contribution < 1.29 is 19.4 Å². The minimum Gasteiger partial charge on any atom is -0.487 e. The van der Waals surface area contributed by atoms with Crippen LogP contribution in [0.2, 0.25) is 0 Å². The molecule has 0 bridgehead atoms. The van der Waals surface area contributed by atoms with Gasteiger partial charge in [0.05, 0.1) is 6.20 Å². The molecule has 7 heteroatoms. The lowest BCUT2D eigenvalue weighted by atomic mass is 9.96. The van der Waals surface area contributed by atoms with E-state index in [2.05, 4.69) is 22.9 Å². The molecule has 32 heavy (non-hydrogen) atoms. The summed E-state index contributed by atoms with van der Waals surface area (Å²) in [4.78, 5) is 28.7. The third kappa shape index (κ3) is 6.59. The summed E-state index contributed by atoms with van der Waals surface area (Å²) in [5.74, 6) is -0.121. The summed E-state index contributed by atoms with van der Waals surface area (Å²) in [5, 5.41) is 12.2. The average Bonchev–Trinajstić information content (AvgIpc) is 2.83. The fourth-order valence-corrected chi connectivity index (χ4v) is 3.51. The molecule has 0 radical (unpaired) electrons. The number of hydrogen-bond donors (Lipinski definition) is 3. The van der Waals surface area contributed by atoms with Crippen molar-refractivity contribution in [2.45, 2.75) is 31.9 Å². The van der Waals surface area contributed by atoms with E-state index in [1.54, 1.807) is 24.5 Å². The number of carbonyl (C=O) groups is 2. The minimum absolute atomic E-state index is 0.314. The third-order valence-corrected chi connectivity index (χ3v) is 5.27. The topological polar surface area (TPSA) is 88.5 Å². The highest BCUT2D eigenvalue weighted by molar-refractivity contribution is 7.80. The standard InChI is InChI=1S/C25H26N2O4S/c28-24(27-23(25(29)30)10-4-5-14-32)21-12-11-18(17-31-20-9-6-13-26-16-20)15-22(21)19-7-2-1-3-8-19/h1-3,6-9,11-13,15-16,23,32H,4-5,10,14,17H2,(H,27,28)(H,29,30). The number of nitrogens with zero attached hydrogens (tertiary/aromatic N) is 1. The maximum atomic E-state index is 13.0. The molecule has 0 saturated carbocycles. The summed E-state index contributed by atoms with van der Waals surface area (Å²) in [6.45, 7) is 0.314. The molecule has 3 rings (SSSR count). The lowest BCUT2D eigenvalue weighted by Gasteiger charge is -2.17. The van der Waals surface area contributed by atoms with Crippen molar-refractivity contribution in [1.29, 1.82) is 0 Å². The first-order valence-electron chi connectivity index (χ1n) is 10.4. The van der Waals surface area contributed by atoms with Crippen molar-refractivity contribution in [2.75, 3.05) is 5.75 Å². The fraction of sp³-hybridized carbons (Fsp3) is 0.240. The molecule has 0 saturated heterocycles. The van der Waals surface area contributed by atoms with E-state index in [1.807, 2.05) is 48.5 Å². The number of thiol groups is 1. The quantitative estimate of drug-likeness (QED) is 0.293. The second-order valence-electron chi connectivity index (χ2n) is 7.31. The van der Waals surface area contributed by atoms with Crippen LogP contribution in [0.4, 0.5) is 0 Å². The zero-order valence-electron chi connectivity index (χ0n) is 17.6. The first kappa shape index (κ1) is 23.3. The molecule has 3 aromatic rings. The molecule has 0 aliphatic rings. The smallest absolute Gasteiger partial charge is 0.326 e. The van der Waals surface area contributed by atoms with Gasteiger partial charge in [-0.2, -0.15) is 12.6 Å². The molecular formula is C25H26N2O4S. The van der Waals surface area contributed by atoms with Gasteiger partial charge in [-0.25, -0.2) is 4.79 Å². The Morgan fingerprint density at radius 3 is 2.56 bits per heavy atom. The Morgan fingerprint density at radius 2 is 1.88 bits per heavy atom. The Morgan fingerprint density at radius 1 is 1.06 bits per heavy atom. The number of unbranched alkanes of at least 4 members (excludes halogenated alkanes) is 1. The molecule has 1 atom stereocenters. The van der Waals surface area contributed by atoms with Gasteiger partial charge in [0.15, 0.2) is 0 Å². The average molecular weight is 451 g/mol. The van der Waals surface area contributed by atoms with Crippen LogP contribution in [0.3, 0.4) is 0 Å². The van der Waals surface area contributed by atoms with Crippen LogP contribution in [0.15, 0.2) is 73.1 Å². The second-order valence-corrected chi connectivity index (χ2v) is 7.75. The number of carbonyl (C=O) groups excluding carboxylic acids is 1. The number of amides is 1. The van der Waals surface area contributed by atoms with Gasteiger partial charge >= 0.3 is 5.97 Å². The maximum Gasteiger partial charge on any atom is 0.326 e. The van der Waals surface area contributed by atoms with E-state index < -0.39 is 17.9 Å². The molecule has 1 aromatic heterocycles. The van der Waals surface area contributed by atoms with Crippen LogP contribution < -0.4 is 10.1 Å². The molecule has 1 unspecified atom stereocenters. The van der Waals surface area contributed by atoms with E-state index in [9.17, 15) is 14.7 Å². The van der Waals surface area contributed by atoms with Gasteiger partial charge in [0.2, 0.25) is 0 Å². The van der Waals surface area contributed by atoms with Crippen molar-refractivity contribution in [3.63, 3.8) is 0 Å². The highest BCUT2D eigenvalue weighted by Gasteiger charge is 2.22. The van der Waals surface area contributed by atoms with Crippen LogP contribution in [0.25, 0.3) is 11.1 Å². The Kier molecular flexibility index (Phi) is 8.69. The summed E-state index contributed by atoms with van der Waals surface area (Å²) in [6, 6.07) is 17.6. The predicted octanol–water partition coefficient (Wildman–Crippen LogP) is 4.61. The van der Waals surface area contributed by atoms with Crippen molar-refractivity contribution in [3.05, 3.63) is 84.2 Å². The van der Waals surface area contributed by atoms with Gasteiger partial charge in [-0.1, -0.05) is 36.4 Å². The Hall–Kier alpha value is -3.32. The number of carboxylic acid groups (broad SMARTS) is 1. The van der Waals surface area contributed by atoms with Crippen LogP contribution in [-0.2, 0) is 11.4 Å². The third-order valence-electron chi connectivity index (χ3n) is 4.96. The summed E-state index contributed by atoms with van der Waals surface area (Å²) < 4.78 is 5.79. The van der Waals surface area contributed by atoms with Crippen molar-refractivity contribution in [3.8, 4) is 16.9 Å². The fourth-order valence-electron chi connectivity index (χ4n) is 3.29. The number of rotatable bonds is 11. The number of aliphatic carboxylic acids is 1. The predicted molar refractivity (Wildman–Crippen MR) is 127 cm³/mol. The normalized spacial score (nSPS) is 11.5. The highest BCUT2D eigenvalue weighted by Crippen LogP contribution is 2.26. The zero-order valence-corrected chi connectivity index (χ0v) is 18.5. The SMILES string of the molecule is O=C(NC(CCCCS)C(=O)O)c1ccc(COc2cccnc2)cc1-c1ccccc1. The molecule has 0 fully saturated rings. The number of nitrogens with one attached hydrogen (secondary N) is 1. The Balaban J connectivity index is 1.83. The van der Waals surface area contributed by atoms with Crippen LogP contribution in [0.1, 0.15) is 35.2 Å². The van der Waals surface area contributed by atoms with E-state index in [4.69, 9.17) is 4.74 Å². The number of carboxylic acids is 1. The Bertz CT molecular complexity index is 1030. The van der Waals surface area contributed by atoms with E-state index in [1.165, 1.54) is 0 Å². The number of hydrogen-bond acceptors (Lipinski definition) is 5. The van der Waals surface area contributed by atoms with Crippen molar-refractivity contribution in [1.82, 2.24) is 10.3 Å². The van der Waals surface area contributed by atoms with Crippen LogP contribution in [-0.4, -0.2) is 33.8 Å². The van der Waals surface area contributed by atoms with Crippen molar-refractivity contribution in [2.24, 2.45) is 0 Å². The van der Waals surface area contributed by atoms with E-state index in [-0.39, 0.29) is 0 Å². The van der Waals surface area contributed by atoms with E-state index in [0.717, 1.165) is 23.1 Å². The largest absolute Gasteiger partial charge is 0.487 e. The number of aromatic nitrogens is 1. The molecule has 1 amide bonds. The maximum absolute atomic E-state index is 13.0. The zero-order chi connectivity index (χ0) is 22.8. The van der Waals surface area contributed by atoms with Gasteiger partial charge in [0.25, 0.3) is 5.91 Å². The minimum atomic E-state index is -1.04. The van der Waals surface area contributed by atoms with E-state index >= 15 is 0 Å². The molecule has 1 heterocycles. The molecule has 2 N–H and O–H groups in total. The van der Waals surface area contributed by atoms with Crippen LogP contribution in [0, 0.1) is 0 Å². The lowest BCUT2D eigenvalue weighted by molar-refractivity contribution is -0.139. The van der Waals surface area contributed by atoms with Gasteiger partial charge in [0, 0.05) is 11.8 Å². The molecule has 0 aliphatic carbocycles. The summed E-state index contributed by atoms with van der Waals surface area (Å²) in [5.41, 5.74) is 2.88. The monoisotopic (exact) mass is 450 g/mol. The number of pyridine rings is 1. The van der Waals surface area contributed by atoms with Gasteiger partial charge in [-0.05, 0) is 66.0 Å². The molecule has 0 aliphatic heterocycles. The molecule has 166 valence electrons.